The molecule has 3 aromatic carbocycles. The first-order valence-electron chi connectivity index (χ1n) is 13.0. The monoisotopic (exact) mass is 550 g/mol. The van der Waals surface area contributed by atoms with Gasteiger partial charge in [0, 0.05) is 22.8 Å². The van der Waals surface area contributed by atoms with Crippen molar-refractivity contribution in [3.63, 3.8) is 0 Å². The first-order chi connectivity index (χ1) is 19.5. The molecule has 41 heavy (non-hydrogen) atoms. The molecular weight excluding hydrogens is 523 g/mol. The number of rotatable bonds is 6. The predicted molar refractivity (Wildman–Crippen MR) is 155 cm³/mol. The third-order valence-electron chi connectivity index (χ3n) is 7.13. The second kappa shape index (κ2) is 9.53. The zero-order valence-electron chi connectivity index (χ0n) is 22.6. The number of H-pyrrole nitrogens is 1. The number of primary amides is 1. The molecule has 0 aliphatic carbocycles. The molecule has 0 spiro atoms. The Labute approximate surface area is 233 Å². The van der Waals surface area contributed by atoms with Gasteiger partial charge >= 0.3 is 0 Å². The molecule has 0 saturated heterocycles. The van der Waals surface area contributed by atoms with E-state index in [-0.39, 0.29) is 10.9 Å². The van der Waals surface area contributed by atoms with Crippen LogP contribution in [0.4, 0.5) is 4.39 Å². The minimum Gasteiger partial charge on any atom is -0.389 e. The molecular formula is C31H27FN6O3. The number of nitrogens with one attached hydrogen (secondary N) is 1. The van der Waals surface area contributed by atoms with E-state index in [1.807, 2.05) is 43.5 Å². The van der Waals surface area contributed by atoms with Gasteiger partial charge < -0.3 is 15.8 Å². The van der Waals surface area contributed by atoms with Crippen LogP contribution in [0.2, 0.25) is 0 Å². The number of halogens is 1. The molecule has 0 fully saturated rings. The van der Waals surface area contributed by atoms with Crippen molar-refractivity contribution in [1.82, 2.24) is 24.3 Å². The lowest BCUT2D eigenvalue weighted by atomic mass is 9.94. The maximum Gasteiger partial charge on any atom is 0.265 e. The second-order valence-corrected chi connectivity index (χ2v) is 10.8. The average Bonchev–Trinajstić information content (AvgIpc) is 3.55. The number of aliphatic hydroxyl groups is 1. The van der Waals surface area contributed by atoms with Crippen LogP contribution < -0.4 is 11.3 Å². The van der Waals surface area contributed by atoms with Crippen LogP contribution in [0.5, 0.6) is 0 Å². The number of carbonyl (C=O) groups excluding carboxylic acids is 1. The number of benzene rings is 3. The Hall–Kier alpha value is -5.09. The van der Waals surface area contributed by atoms with Gasteiger partial charge in [0.15, 0.2) is 0 Å². The SMILES string of the molecule is Cc1c(-c2ccc(C(N)=O)c3[nH]c(-c4cnn(CC(C)(C)O)c4)cc23)cccc1-n1cnc2ccc(F)cc2c1=O. The number of hydrogen-bond donors (Lipinski definition) is 3. The molecule has 0 bridgehead atoms. The van der Waals surface area contributed by atoms with Crippen LogP contribution in [0.15, 0.2) is 78.1 Å². The standard InChI is InChI=1S/C31H27FN6O3/c1-17-20(5-4-6-27(17)38-16-34-25-10-7-19(32)11-24(25)30(38)40)21-8-9-22(29(33)39)28-23(21)12-26(36-28)18-13-35-37(14-18)15-31(2,3)41/h4-14,16,36,41H,15H2,1-3H3,(H2,33,39). The molecule has 0 aliphatic rings. The Morgan fingerprint density at radius 2 is 1.90 bits per heavy atom. The number of nitrogens with two attached hydrogens (primary N) is 1. The van der Waals surface area contributed by atoms with Crippen molar-refractivity contribution in [2.45, 2.75) is 32.9 Å². The van der Waals surface area contributed by atoms with E-state index >= 15 is 0 Å². The minimum absolute atomic E-state index is 0.186. The van der Waals surface area contributed by atoms with Crippen LogP contribution in [0, 0.1) is 12.7 Å². The summed E-state index contributed by atoms with van der Waals surface area (Å²) in [5, 5.41) is 15.5. The minimum atomic E-state index is -0.935. The van der Waals surface area contributed by atoms with Gasteiger partial charge in [0.25, 0.3) is 11.5 Å². The highest BCUT2D eigenvalue weighted by Gasteiger charge is 2.20. The molecule has 4 N–H and O–H groups in total. The summed E-state index contributed by atoms with van der Waals surface area (Å²) >= 11 is 0. The molecule has 0 atom stereocenters. The molecule has 9 nitrogen and oxygen atoms in total. The van der Waals surface area contributed by atoms with Crippen molar-refractivity contribution in [1.29, 1.82) is 0 Å². The van der Waals surface area contributed by atoms with Gasteiger partial charge in [-0.25, -0.2) is 9.37 Å². The second-order valence-electron chi connectivity index (χ2n) is 10.8. The summed E-state index contributed by atoms with van der Waals surface area (Å²) in [5.41, 5.74) is 10.3. The van der Waals surface area contributed by atoms with E-state index in [2.05, 4.69) is 15.1 Å². The molecule has 206 valence electrons. The largest absolute Gasteiger partial charge is 0.389 e. The van der Waals surface area contributed by atoms with Crippen molar-refractivity contribution in [3.05, 3.63) is 101 Å². The maximum atomic E-state index is 13.9. The Bertz CT molecular complexity index is 2050. The molecule has 6 aromatic rings. The topological polar surface area (TPSA) is 132 Å². The fourth-order valence-electron chi connectivity index (χ4n) is 5.24. The van der Waals surface area contributed by atoms with E-state index < -0.39 is 17.3 Å². The lowest BCUT2D eigenvalue weighted by Crippen LogP contribution is -2.26. The molecule has 1 amide bonds. The zero-order valence-corrected chi connectivity index (χ0v) is 22.6. The Balaban J connectivity index is 1.51. The number of nitrogens with zero attached hydrogens (tertiary/aromatic N) is 4. The Morgan fingerprint density at radius 1 is 1.10 bits per heavy atom. The van der Waals surface area contributed by atoms with E-state index in [1.54, 1.807) is 30.8 Å². The smallest absolute Gasteiger partial charge is 0.265 e. The van der Waals surface area contributed by atoms with Crippen molar-refractivity contribution in [2.75, 3.05) is 0 Å². The normalized spacial score (nSPS) is 11.9. The fraction of sp³-hybridized carbons (Fsp3) is 0.161. The van der Waals surface area contributed by atoms with Crippen LogP contribution in [0.25, 0.3) is 49.9 Å². The molecule has 0 saturated carbocycles. The maximum absolute atomic E-state index is 13.9. The van der Waals surface area contributed by atoms with Crippen LogP contribution >= 0.6 is 0 Å². The molecule has 10 heteroatoms. The number of aromatic amines is 1. The Morgan fingerprint density at radius 3 is 2.66 bits per heavy atom. The highest BCUT2D eigenvalue weighted by molar-refractivity contribution is 6.10. The van der Waals surface area contributed by atoms with Gasteiger partial charge in [-0.3, -0.25) is 18.8 Å². The third kappa shape index (κ3) is 4.68. The Kier molecular flexibility index (Phi) is 6.08. The van der Waals surface area contributed by atoms with Gasteiger partial charge in [0.05, 0.1) is 46.0 Å². The van der Waals surface area contributed by atoms with Gasteiger partial charge in [-0.15, -0.1) is 0 Å². The zero-order chi connectivity index (χ0) is 29.1. The van der Waals surface area contributed by atoms with E-state index in [0.29, 0.717) is 28.8 Å². The number of fused-ring (bicyclic) bond motifs is 2. The van der Waals surface area contributed by atoms with Gasteiger partial charge in [0.2, 0.25) is 0 Å². The van der Waals surface area contributed by atoms with E-state index in [9.17, 15) is 19.1 Å². The fourth-order valence-corrected chi connectivity index (χ4v) is 5.24. The van der Waals surface area contributed by atoms with Gasteiger partial charge in [-0.1, -0.05) is 18.2 Å². The highest BCUT2D eigenvalue weighted by atomic mass is 19.1. The van der Waals surface area contributed by atoms with Crippen LogP contribution in [0.1, 0.15) is 29.8 Å². The number of amides is 1. The molecule has 0 radical (unpaired) electrons. The molecule has 0 unspecified atom stereocenters. The van der Waals surface area contributed by atoms with Gasteiger partial charge in [0.1, 0.15) is 12.1 Å². The summed E-state index contributed by atoms with van der Waals surface area (Å²) in [6, 6.07) is 15.0. The van der Waals surface area contributed by atoms with Crippen molar-refractivity contribution >= 4 is 27.7 Å². The third-order valence-corrected chi connectivity index (χ3v) is 7.13. The van der Waals surface area contributed by atoms with Crippen molar-refractivity contribution < 1.29 is 14.3 Å². The van der Waals surface area contributed by atoms with E-state index in [1.165, 1.54) is 29.1 Å². The molecule has 3 heterocycles. The van der Waals surface area contributed by atoms with Crippen molar-refractivity contribution in [2.24, 2.45) is 5.73 Å². The molecule has 0 aliphatic heterocycles. The number of aromatic nitrogens is 5. The van der Waals surface area contributed by atoms with Crippen molar-refractivity contribution in [3.8, 4) is 28.1 Å². The molecule has 3 aromatic heterocycles. The van der Waals surface area contributed by atoms with Crippen LogP contribution in [0.3, 0.4) is 0 Å². The van der Waals surface area contributed by atoms with Gasteiger partial charge in [-0.2, -0.15) is 5.10 Å². The quantitative estimate of drug-likeness (QED) is 0.276. The van der Waals surface area contributed by atoms with Gasteiger partial charge in [-0.05, 0) is 73.9 Å². The lowest BCUT2D eigenvalue weighted by molar-refractivity contribution is 0.0577. The summed E-state index contributed by atoms with van der Waals surface area (Å²) in [4.78, 5) is 33.4. The first-order valence-corrected chi connectivity index (χ1v) is 13.0. The highest BCUT2D eigenvalue weighted by Crippen LogP contribution is 2.37. The number of hydrogen-bond acceptors (Lipinski definition) is 5. The summed E-state index contributed by atoms with van der Waals surface area (Å²) in [6.07, 6.45) is 4.95. The van der Waals surface area contributed by atoms with E-state index in [4.69, 9.17) is 5.73 Å². The van der Waals surface area contributed by atoms with Crippen LogP contribution in [-0.4, -0.2) is 40.9 Å². The average molecular weight is 551 g/mol. The van der Waals surface area contributed by atoms with Crippen LogP contribution in [-0.2, 0) is 6.54 Å². The van der Waals surface area contributed by atoms with E-state index in [0.717, 1.165) is 33.3 Å². The first kappa shape index (κ1) is 26.1. The summed E-state index contributed by atoms with van der Waals surface area (Å²) in [5.74, 6) is -1.08. The number of carbonyl (C=O) groups is 1. The summed E-state index contributed by atoms with van der Waals surface area (Å²) < 4.78 is 17.0. The predicted octanol–water partition coefficient (Wildman–Crippen LogP) is 4.71. The summed E-state index contributed by atoms with van der Waals surface area (Å²) in [6.45, 7) is 5.63. The molecule has 6 rings (SSSR count). The summed E-state index contributed by atoms with van der Waals surface area (Å²) in [7, 11) is 0. The lowest BCUT2D eigenvalue weighted by Gasteiger charge is -2.16.